The molecule has 31 heavy (non-hydrogen) atoms. The van der Waals surface area contributed by atoms with E-state index >= 15 is 0 Å². The van der Waals surface area contributed by atoms with Gasteiger partial charge in [-0.05, 0) is 41.4 Å². The Balaban J connectivity index is 1.44. The van der Waals surface area contributed by atoms with Gasteiger partial charge in [-0.2, -0.15) is 23.1 Å². The number of nitrogens with one attached hydrogen (secondary N) is 1. The molecule has 4 aromatic rings. The molecule has 0 atom stereocenters. The van der Waals surface area contributed by atoms with E-state index in [1.54, 1.807) is 22.8 Å². The van der Waals surface area contributed by atoms with E-state index in [4.69, 9.17) is 21.1 Å². The van der Waals surface area contributed by atoms with Gasteiger partial charge in [-0.3, -0.25) is 0 Å². The van der Waals surface area contributed by atoms with Crippen molar-refractivity contribution in [2.45, 2.75) is 12.7 Å². The van der Waals surface area contributed by atoms with E-state index in [9.17, 15) is 13.2 Å². The molecule has 5 rings (SSSR count). The number of imidazole rings is 1. The minimum Gasteiger partial charge on any atom is -0.454 e. The van der Waals surface area contributed by atoms with Crippen LogP contribution in [0.4, 0.5) is 24.7 Å². The number of ether oxygens (including phenoxy) is 2. The van der Waals surface area contributed by atoms with Crippen LogP contribution in [0.25, 0.3) is 11.2 Å². The fourth-order valence-electron chi connectivity index (χ4n) is 3.23. The second kappa shape index (κ2) is 7.31. The second-order valence-electron chi connectivity index (χ2n) is 6.77. The van der Waals surface area contributed by atoms with Crippen molar-refractivity contribution >= 4 is 34.3 Å². The molecule has 11 heteroatoms. The predicted octanol–water partition coefficient (Wildman–Crippen LogP) is 5.02. The van der Waals surface area contributed by atoms with Gasteiger partial charge in [-0.25, -0.2) is 4.98 Å². The lowest BCUT2D eigenvalue weighted by molar-refractivity contribution is -0.137. The summed E-state index contributed by atoms with van der Waals surface area (Å²) >= 11 is 6.11. The summed E-state index contributed by atoms with van der Waals surface area (Å²) in [5, 5.41) is 3.15. The predicted molar refractivity (Wildman–Crippen MR) is 107 cm³/mol. The van der Waals surface area contributed by atoms with E-state index in [-0.39, 0.29) is 18.6 Å². The Morgan fingerprint density at radius 1 is 1.03 bits per heavy atom. The van der Waals surface area contributed by atoms with Crippen LogP contribution in [-0.4, -0.2) is 26.3 Å². The average molecular weight is 448 g/mol. The number of hydrogen-bond donors (Lipinski definition) is 1. The molecule has 0 fully saturated rings. The zero-order valence-corrected chi connectivity index (χ0v) is 16.4. The van der Waals surface area contributed by atoms with Gasteiger partial charge in [0.25, 0.3) is 0 Å². The number of alkyl halides is 3. The molecule has 0 radical (unpaired) electrons. The van der Waals surface area contributed by atoms with E-state index in [0.29, 0.717) is 39.7 Å². The zero-order valence-electron chi connectivity index (χ0n) is 15.7. The molecule has 1 N–H and O–H groups in total. The Hall–Kier alpha value is -3.53. The van der Waals surface area contributed by atoms with Crippen molar-refractivity contribution in [3.8, 4) is 11.5 Å². The molecule has 0 spiro atoms. The summed E-state index contributed by atoms with van der Waals surface area (Å²) in [6.45, 7) is 0.433. The van der Waals surface area contributed by atoms with E-state index in [0.717, 1.165) is 12.1 Å². The third kappa shape index (κ3) is 3.81. The quantitative estimate of drug-likeness (QED) is 0.443. The number of fused-ring (bicyclic) bond motifs is 2. The van der Waals surface area contributed by atoms with Gasteiger partial charge in [-0.1, -0.05) is 12.1 Å². The number of halogens is 4. The molecule has 2 aromatic carbocycles. The van der Waals surface area contributed by atoms with Crippen LogP contribution < -0.4 is 14.8 Å². The van der Waals surface area contributed by atoms with Gasteiger partial charge in [0.15, 0.2) is 28.5 Å². The molecule has 158 valence electrons. The third-order valence-electron chi connectivity index (χ3n) is 4.71. The Labute approximate surface area is 178 Å². The smallest absolute Gasteiger partial charge is 0.416 e. The van der Waals surface area contributed by atoms with Crippen LogP contribution in [0.1, 0.15) is 11.1 Å². The molecule has 0 saturated carbocycles. The van der Waals surface area contributed by atoms with Gasteiger partial charge in [0, 0.05) is 11.8 Å². The highest BCUT2D eigenvalue weighted by molar-refractivity contribution is 6.28. The highest BCUT2D eigenvalue weighted by atomic mass is 35.5. The molecular formula is C20H13ClF3N5O2. The highest BCUT2D eigenvalue weighted by Gasteiger charge is 2.30. The van der Waals surface area contributed by atoms with E-state index in [2.05, 4.69) is 20.3 Å². The van der Waals surface area contributed by atoms with Gasteiger partial charge >= 0.3 is 6.18 Å². The summed E-state index contributed by atoms with van der Waals surface area (Å²) in [6, 6.07) is 10.3. The summed E-state index contributed by atoms with van der Waals surface area (Å²) < 4.78 is 50.7. The van der Waals surface area contributed by atoms with Crippen LogP contribution in [0.5, 0.6) is 11.5 Å². The normalized spacial score (nSPS) is 13.0. The summed E-state index contributed by atoms with van der Waals surface area (Å²) in [7, 11) is 0. The molecule has 3 heterocycles. The maximum absolute atomic E-state index is 12.8. The number of nitrogens with zero attached hydrogens (tertiary/aromatic N) is 4. The van der Waals surface area contributed by atoms with Crippen molar-refractivity contribution in [1.29, 1.82) is 0 Å². The maximum atomic E-state index is 12.8. The Morgan fingerprint density at radius 2 is 1.81 bits per heavy atom. The molecule has 2 aromatic heterocycles. The third-order valence-corrected chi connectivity index (χ3v) is 4.88. The fraction of sp³-hybridized carbons (Fsp3) is 0.150. The minimum atomic E-state index is -4.38. The van der Waals surface area contributed by atoms with E-state index in [1.807, 2.05) is 0 Å². The molecule has 0 saturated heterocycles. The van der Waals surface area contributed by atoms with Crippen LogP contribution in [0.15, 0.2) is 48.8 Å². The molecule has 0 aliphatic carbocycles. The molecule has 0 amide bonds. The summed E-state index contributed by atoms with van der Waals surface area (Å²) in [4.78, 5) is 12.8. The van der Waals surface area contributed by atoms with Crippen molar-refractivity contribution in [3.63, 3.8) is 0 Å². The Bertz CT molecular complexity index is 1270. The van der Waals surface area contributed by atoms with E-state index in [1.165, 1.54) is 18.5 Å². The van der Waals surface area contributed by atoms with Gasteiger partial charge in [-0.15, -0.1) is 0 Å². The number of hydrogen-bond acceptors (Lipinski definition) is 6. The lowest BCUT2D eigenvalue weighted by atomic mass is 10.1. The van der Waals surface area contributed by atoms with E-state index < -0.39 is 11.7 Å². The van der Waals surface area contributed by atoms with Crippen LogP contribution in [0.3, 0.4) is 0 Å². The number of aromatic nitrogens is 4. The summed E-state index contributed by atoms with van der Waals surface area (Å²) in [5.41, 5.74) is 1.56. The standard InChI is InChI=1S/C20H13ClF3N5O2/c21-19-27-17(26-13-5-6-14-15(7-13)31-10-30-14)16-18(28-19)29(9-25-16)8-11-1-3-12(4-2-11)20(22,23)24/h1-7,9H,8,10H2,(H,26,27,28). The lowest BCUT2D eigenvalue weighted by Gasteiger charge is -2.09. The first-order valence-corrected chi connectivity index (χ1v) is 9.46. The molecular weight excluding hydrogens is 435 g/mol. The number of rotatable bonds is 4. The van der Waals surface area contributed by atoms with Gasteiger partial charge < -0.3 is 19.4 Å². The SMILES string of the molecule is FC(F)(F)c1ccc(Cn2cnc3c(Nc4ccc5c(c4)OCO5)nc(Cl)nc32)cc1. The zero-order chi connectivity index (χ0) is 21.6. The molecule has 7 nitrogen and oxygen atoms in total. The van der Waals surface area contributed by atoms with Crippen molar-refractivity contribution in [2.75, 3.05) is 12.1 Å². The largest absolute Gasteiger partial charge is 0.454 e. The first-order valence-electron chi connectivity index (χ1n) is 9.08. The monoisotopic (exact) mass is 447 g/mol. The summed E-state index contributed by atoms with van der Waals surface area (Å²) in [6.07, 6.45) is -2.84. The highest BCUT2D eigenvalue weighted by Crippen LogP contribution is 2.36. The Kier molecular flexibility index (Phi) is 4.58. The Morgan fingerprint density at radius 3 is 2.58 bits per heavy atom. The van der Waals surface area contributed by atoms with Crippen LogP contribution in [-0.2, 0) is 12.7 Å². The van der Waals surface area contributed by atoms with Crippen molar-refractivity contribution < 1.29 is 22.6 Å². The first-order chi connectivity index (χ1) is 14.9. The number of anilines is 2. The average Bonchev–Trinajstić information content (AvgIpc) is 3.35. The topological polar surface area (TPSA) is 74.1 Å². The minimum absolute atomic E-state index is 0.00455. The van der Waals surface area contributed by atoms with Crippen LogP contribution in [0.2, 0.25) is 5.28 Å². The van der Waals surface area contributed by atoms with Crippen molar-refractivity contribution in [2.24, 2.45) is 0 Å². The number of benzene rings is 2. The first kappa shape index (κ1) is 19.4. The molecule has 0 bridgehead atoms. The molecule has 0 unspecified atom stereocenters. The van der Waals surface area contributed by atoms with Gasteiger partial charge in [0.2, 0.25) is 12.1 Å². The second-order valence-corrected chi connectivity index (χ2v) is 7.11. The van der Waals surface area contributed by atoms with Gasteiger partial charge in [0.1, 0.15) is 0 Å². The lowest BCUT2D eigenvalue weighted by Crippen LogP contribution is -2.06. The molecule has 1 aliphatic rings. The summed E-state index contributed by atoms with van der Waals surface area (Å²) in [5.74, 6) is 1.64. The van der Waals surface area contributed by atoms with Crippen LogP contribution >= 0.6 is 11.6 Å². The maximum Gasteiger partial charge on any atom is 0.416 e. The van der Waals surface area contributed by atoms with Crippen molar-refractivity contribution in [1.82, 2.24) is 19.5 Å². The molecule has 1 aliphatic heterocycles. The van der Waals surface area contributed by atoms with Crippen molar-refractivity contribution in [3.05, 3.63) is 65.2 Å². The fourth-order valence-corrected chi connectivity index (χ4v) is 3.39. The van der Waals surface area contributed by atoms with Gasteiger partial charge in [0.05, 0.1) is 18.4 Å². The van der Waals surface area contributed by atoms with Crippen LogP contribution in [0, 0.1) is 0 Å².